The van der Waals surface area contributed by atoms with E-state index in [1.807, 2.05) is 13.0 Å². The molecule has 0 aliphatic rings. The van der Waals surface area contributed by atoms with Crippen LogP contribution in [0.25, 0.3) is 0 Å². The molecule has 1 atom stereocenters. The zero-order valence-corrected chi connectivity index (χ0v) is 11.5. The number of thioether (sulfide) groups is 1. The van der Waals surface area contributed by atoms with Crippen molar-refractivity contribution in [2.75, 3.05) is 26.5 Å². The van der Waals surface area contributed by atoms with Crippen LogP contribution in [0.1, 0.15) is 17.7 Å². The zero-order chi connectivity index (χ0) is 13.5. The van der Waals surface area contributed by atoms with Crippen LogP contribution in [0.15, 0.2) is 18.2 Å². The van der Waals surface area contributed by atoms with Crippen molar-refractivity contribution in [3.63, 3.8) is 0 Å². The minimum absolute atomic E-state index is 0.0893. The Hall–Kier alpha value is -1.43. The van der Waals surface area contributed by atoms with E-state index in [1.165, 1.54) is 0 Å². The molecule has 0 saturated carbocycles. The highest BCUT2D eigenvalue weighted by Gasteiger charge is 2.19. The van der Waals surface area contributed by atoms with E-state index in [1.54, 1.807) is 38.1 Å². The van der Waals surface area contributed by atoms with Crippen molar-refractivity contribution < 1.29 is 14.4 Å². The second kappa shape index (κ2) is 7.10. The van der Waals surface area contributed by atoms with Gasteiger partial charge in [0, 0.05) is 4.92 Å². The van der Waals surface area contributed by atoms with E-state index in [0.717, 1.165) is 11.3 Å². The second-order valence-corrected chi connectivity index (χ2v) is 5.05. The fourth-order valence-corrected chi connectivity index (χ4v) is 2.61. The number of methoxy groups -OCH3 is 2. The number of nitro groups is 1. The number of rotatable bonds is 7. The molecule has 6 heteroatoms. The van der Waals surface area contributed by atoms with Gasteiger partial charge in [-0.05, 0) is 23.4 Å². The van der Waals surface area contributed by atoms with Crippen LogP contribution in [0.4, 0.5) is 0 Å². The lowest BCUT2D eigenvalue weighted by molar-refractivity contribution is -0.479. The van der Waals surface area contributed by atoms with Crippen LogP contribution < -0.4 is 9.47 Å². The van der Waals surface area contributed by atoms with Crippen LogP contribution in [0, 0.1) is 10.1 Å². The Balaban J connectivity index is 3.00. The van der Waals surface area contributed by atoms with E-state index in [-0.39, 0.29) is 16.7 Å². The molecule has 5 nitrogen and oxygen atoms in total. The Bertz CT molecular complexity index is 411. The van der Waals surface area contributed by atoms with Gasteiger partial charge in [-0.1, -0.05) is 13.0 Å². The molecule has 0 saturated heterocycles. The van der Waals surface area contributed by atoms with Gasteiger partial charge in [-0.25, -0.2) is 0 Å². The van der Waals surface area contributed by atoms with Crippen LogP contribution in [0.2, 0.25) is 0 Å². The molecule has 0 aliphatic heterocycles. The Morgan fingerprint density at radius 2 is 2.00 bits per heavy atom. The van der Waals surface area contributed by atoms with Crippen LogP contribution in [0.5, 0.6) is 11.5 Å². The molecule has 0 aliphatic carbocycles. The first kappa shape index (κ1) is 14.6. The van der Waals surface area contributed by atoms with Crippen molar-refractivity contribution in [1.29, 1.82) is 0 Å². The molecule has 100 valence electrons. The molecule has 0 aromatic heterocycles. The van der Waals surface area contributed by atoms with Gasteiger partial charge in [-0.15, -0.1) is 11.8 Å². The topological polar surface area (TPSA) is 61.6 Å². The average molecular weight is 271 g/mol. The molecule has 0 fully saturated rings. The average Bonchev–Trinajstić information content (AvgIpc) is 2.37. The van der Waals surface area contributed by atoms with Crippen molar-refractivity contribution in [3.8, 4) is 11.5 Å². The first-order chi connectivity index (χ1) is 8.62. The van der Waals surface area contributed by atoms with Crippen molar-refractivity contribution in [2.24, 2.45) is 0 Å². The standard InChI is InChI=1S/C12H17NO4S/c1-4-18-12(8-13(14)15)9-5-6-10(16-2)11(7-9)17-3/h5-7,12H,4,8H2,1-3H3. The summed E-state index contributed by atoms with van der Waals surface area (Å²) in [5.41, 5.74) is 0.885. The fraction of sp³-hybridized carbons (Fsp3) is 0.500. The highest BCUT2D eigenvalue weighted by atomic mass is 32.2. The summed E-state index contributed by atoms with van der Waals surface area (Å²) < 4.78 is 10.4. The third-order valence-corrected chi connectivity index (χ3v) is 3.62. The van der Waals surface area contributed by atoms with Crippen molar-refractivity contribution in [2.45, 2.75) is 12.2 Å². The molecular weight excluding hydrogens is 254 g/mol. The molecule has 0 bridgehead atoms. The van der Waals surface area contributed by atoms with E-state index in [9.17, 15) is 10.1 Å². The lowest BCUT2D eigenvalue weighted by Gasteiger charge is -2.14. The number of benzene rings is 1. The molecular formula is C12H17NO4S. The predicted molar refractivity (Wildman–Crippen MR) is 72.3 cm³/mol. The lowest BCUT2D eigenvalue weighted by Crippen LogP contribution is -2.10. The van der Waals surface area contributed by atoms with E-state index in [4.69, 9.17) is 9.47 Å². The number of nitrogens with zero attached hydrogens (tertiary/aromatic N) is 1. The van der Waals surface area contributed by atoms with Gasteiger partial charge in [-0.2, -0.15) is 0 Å². The van der Waals surface area contributed by atoms with E-state index in [0.29, 0.717) is 11.5 Å². The molecule has 0 amide bonds. The summed E-state index contributed by atoms with van der Waals surface area (Å²) in [6.45, 7) is 1.90. The molecule has 0 spiro atoms. The predicted octanol–water partition coefficient (Wildman–Crippen LogP) is 2.77. The molecule has 1 unspecified atom stereocenters. The van der Waals surface area contributed by atoms with Gasteiger partial charge in [0.15, 0.2) is 11.5 Å². The first-order valence-electron chi connectivity index (χ1n) is 5.57. The Labute approximate surface area is 111 Å². The summed E-state index contributed by atoms with van der Waals surface area (Å²) in [5.74, 6) is 2.05. The molecule has 18 heavy (non-hydrogen) atoms. The van der Waals surface area contributed by atoms with Crippen LogP contribution in [0.3, 0.4) is 0 Å². The zero-order valence-electron chi connectivity index (χ0n) is 10.7. The highest BCUT2D eigenvalue weighted by molar-refractivity contribution is 7.99. The number of hydrogen-bond acceptors (Lipinski definition) is 5. The maximum Gasteiger partial charge on any atom is 0.219 e. The number of ether oxygens (including phenoxy) is 2. The van der Waals surface area contributed by atoms with Crippen LogP contribution in [-0.4, -0.2) is 31.4 Å². The summed E-state index contributed by atoms with van der Waals surface area (Å²) in [5, 5.41) is 10.5. The summed E-state index contributed by atoms with van der Waals surface area (Å²) >= 11 is 1.55. The summed E-state index contributed by atoms with van der Waals surface area (Å²) in [6.07, 6.45) is 0. The Morgan fingerprint density at radius 1 is 1.33 bits per heavy atom. The van der Waals surface area contributed by atoms with E-state index < -0.39 is 0 Å². The SMILES string of the molecule is CCSC(C[N+](=O)[O-])c1ccc(OC)c(OC)c1. The fourth-order valence-electron chi connectivity index (χ4n) is 1.64. The van der Waals surface area contributed by atoms with Crippen molar-refractivity contribution in [3.05, 3.63) is 33.9 Å². The molecule has 0 N–H and O–H groups in total. The normalized spacial score (nSPS) is 11.9. The lowest BCUT2D eigenvalue weighted by atomic mass is 10.1. The number of hydrogen-bond donors (Lipinski definition) is 0. The third kappa shape index (κ3) is 3.80. The molecule has 1 aromatic rings. The van der Waals surface area contributed by atoms with Crippen molar-refractivity contribution >= 4 is 11.8 Å². The second-order valence-electron chi connectivity index (χ2n) is 3.57. The maximum absolute atomic E-state index is 10.7. The smallest absolute Gasteiger partial charge is 0.219 e. The van der Waals surface area contributed by atoms with Crippen LogP contribution >= 0.6 is 11.8 Å². The first-order valence-corrected chi connectivity index (χ1v) is 6.62. The Morgan fingerprint density at radius 3 is 2.50 bits per heavy atom. The van der Waals surface area contributed by atoms with Gasteiger partial charge in [-0.3, -0.25) is 10.1 Å². The quantitative estimate of drug-likeness (QED) is 0.563. The van der Waals surface area contributed by atoms with Gasteiger partial charge >= 0.3 is 0 Å². The van der Waals surface area contributed by atoms with Gasteiger partial charge in [0.25, 0.3) is 0 Å². The molecule has 1 aromatic carbocycles. The van der Waals surface area contributed by atoms with Crippen molar-refractivity contribution in [1.82, 2.24) is 0 Å². The van der Waals surface area contributed by atoms with Gasteiger partial charge < -0.3 is 9.47 Å². The summed E-state index contributed by atoms with van der Waals surface area (Å²) in [6, 6.07) is 5.42. The van der Waals surface area contributed by atoms with Gasteiger partial charge in [0.2, 0.25) is 6.54 Å². The van der Waals surface area contributed by atoms with Gasteiger partial charge in [0.05, 0.1) is 19.5 Å². The van der Waals surface area contributed by atoms with Gasteiger partial charge in [0.1, 0.15) is 0 Å². The minimum atomic E-state index is -0.288. The monoisotopic (exact) mass is 271 g/mol. The largest absolute Gasteiger partial charge is 0.493 e. The summed E-state index contributed by atoms with van der Waals surface area (Å²) in [4.78, 5) is 10.4. The van der Waals surface area contributed by atoms with E-state index in [2.05, 4.69) is 0 Å². The summed E-state index contributed by atoms with van der Waals surface area (Å²) in [7, 11) is 3.12. The maximum atomic E-state index is 10.7. The van der Waals surface area contributed by atoms with E-state index >= 15 is 0 Å². The third-order valence-electron chi connectivity index (χ3n) is 2.46. The molecule has 1 rings (SSSR count). The highest BCUT2D eigenvalue weighted by Crippen LogP contribution is 2.35. The molecule has 0 radical (unpaired) electrons. The minimum Gasteiger partial charge on any atom is -0.493 e. The Kier molecular flexibility index (Phi) is 5.77. The molecule has 0 heterocycles. The van der Waals surface area contributed by atoms with Crippen LogP contribution in [-0.2, 0) is 0 Å².